The molecule has 1 aliphatic rings. The molecule has 0 aromatic heterocycles. The fraction of sp³-hybridized carbons (Fsp3) is 0.562. The van der Waals surface area contributed by atoms with E-state index in [1.807, 2.05) is 0 Å². The van der Waals surface area contributed by atoms with Gasteiger partial charge in [-0.2, -0.15) is 0 Å². The molecule has 2 rings (SSSR count). The van der Waals surface area contributed by atoms with Gasteiger partial charge in [-0.3, -0.25) is 4.79 Å². The lowest BCUT2D eigenvalue weighted by molar-refractivity contribution is -0.125. The minimum absolute atomic E-state index is 0.0425. The number of nitrogens with one attached hydrogen (secondary N) is 1. The van der Waals surface area contributed by atoms with Crippen molar-refractivity contribution in [3.8, 4) is 0 Å². The van der Waals surface area contributed by atoms with E-state index in [1.54, 1.807) is 0 Å². The third-order valence-electron chi connectivity index (χ3n) is 3.98. The van der Waals surface area contributed by atoms with Gasteiger partial charge in [-0.05, 0) is 36.8 Å². The molecule has 1 aromatic rings. The van der Waals surface area contributed by atoms with E-state index in [0.29, 0.717) is 6.54 Å². The Morgan fingerprint density at radius 3 is 3.00 bits per heavy atom. The number of amides is 1. The Kier molecular flexibility index (Phi) is 4.97. The molecular weight excluding hydrogens is 236 g/mol. The lowest BCUT2D eigenvalue weighted by atomic mass is 9.87. The van der Waals surface area contributed by atoms with Crippen molar-refractivity contribution in [2.24, 2.45) is 11.7 Å². The Hall–Kier alpha value is -1.35. The SMILES string of the molecule is CCCC(CN)C(=O)NC1CCCc2ccccc21. The van der Waals surface area contributed by atoms with E-state index in [9.17, 15) is 4.79 Å². The van der Waals surface area contributed by atoms with Crippen LogP contribution in [0.5, 0.6) is 0 Å². The minimum Gasteiger partial charge on any atom is -0.349 e. The number of rotatable bonds is 5. The number of carbonyl (C=O) groups is 1. The van der Waals surface area contributed by atoms with Gasteiger partial charge in [0, 0.05) is 6.54 Å². The molecule has 0 spiro atoms. The first-order valence-corrected chi connectivity index (χ1v) is 7.34. The highest BCUT2D eigenvalue weighted by atomic mass is 16.1. The Morgan fingerprint density at radius 2 is 2.26 bits per heavy atom. The average molecular weight is 260 g/mol. The van der Waals surface area contributed by atoms with Crippen LogP contribution in [0.25, 0.3) is 0 Å². The van der Waals surface area contributed by atoms with Gasteiger partial charge in [0.1, 0.15) is 0 Å². The van der Waals surface area contributed by atoms with Crippen LogP contribution in [0.1, 0.15) is 49.8 Å². The molecule has 0 saturated carbocycles. The largest absolute Gasteiger partial charge is 0.349 e. The van der Waals surface area contributed by atoms with Crippen LogP contribution in [0, 0.1) is 5.92 Å². The van der Waals surface area contributed by atoms with Gasteiger partial charge in [0.25, 0.3) is 0 Å². The van der Waals surface area contributed by atoms with Crippen molar-refractivity contribution < 1.29 is 4.79 Å². The number of benzene rings is 1. The topological polar surface area (TPSA) is 55.1 Å². The van der Waals surface area contributed by atoms with Crippen LogP contribution >= 0.6 is 0 Å². The van der Waals surface area contributed by atoms with Crippen LogP contribution in [0.3, 0.4) is 0 Å². The number of hydrogen-bond acceptors (Lipinski definition) is 2. The Bertz CT molecular complexity index is 431. The standard InChI is InChI=1S/C16H24N2O/c1-2-6-13(11-17)16(19)18-15-10-5-8-12-7-3-4-9-14(12)15/h3-4,7,9,13,15H,2,5-6,8,10-11,17H2,1H3,(H,18,19). The van der Waals surface area contributed by atoms with Crippen molar-refractivity contribution in [2.45, 2.75) is 45.1 Å². The summed E-state index contributed by atoms with van der Waals surface area (Å²) < 4.78 is 0. The molecule has 2 unspecified atom stereocenters. The highest BCUT2D eigenvalue weighted by molar-refractivity contribution is 5.79. The zero-order chi connectivity index (χ0) is 13.7. The molecule has 1 aliphatic carbocycles. The second-order valence-electron chi connectivity index (χ2n) is 5.37. The number of carbonyl (C=O) groups excluding carboxylic acids is 1. The minimum atomic E-state index is -0.0425. The van der Waals surface area contributed by atoms with E-state index in [2.05, 4.69) is 36.5 Å². The van der Waals surface area contributed by atoms with E-state index >= 15 is 0 Å². The fourth-order valence-electron chi connectivity index (χ4n) is 2.90. The summed E-state index contributed by atoms with van der Waals surface area (Å²) in [6.45, 7) is 2.53. The monoisotopic (exact) mass is 260 g/mol. The Labute approximate surface area is 115 Å². The maximum atomic E-state index is 12.3. The third-order valence-corrected chi connectivity index (χ3v) is 3.98. The van der Waals surface area contributed by atoms with Crippen LogP contribution < -0.4 is 11.1 Å². The molecule has 0 radical (unpaired) electrons. The number of aryl methyl sites for hydroxylation is 1. The fourth-order valence-corrected chi connectivity index (χ4v) is 2.90. The van der Waals surface area contributed by atoms with E-state index < -0.39 is 0 Å². The summed E-state index contributed by atoms with van der Waals surface area (Å²) in [4.78, 5) is 12.3. The number of hydrogen-bond donors (Lipinski definition) is 2. The predicted octanol–water partition coefficient (Wildman–Crippen LogP) is 2.56. The van der Waals surface area contributed by atoms with Gasteiger partial charge in [0.05, 0.1) is 12.0 Å². The van der Waals surface area contributed by atoms with Crippen LogP contribution in [0.2, 0.25) is 0 Å². The summed E-state index contributed by atoms with van der Waals surface area (Å²) >= 11 is 0. The number of fused-ring (bicyclic) bond motifs is 1. The molecule has 104 valence electrons. The molecule has 2 atom stereocenters. The van der Waals surface area contributed by atoms with Gasteiger partial charge >= 0.3 is 0 Å². The molecule has 3 nitrogen and oxygen atoms in total. The smallest absolute Gasteiger partial charge is 0.224 e. The molecule has 0 heterocycles. The summed E-state index contributed by atoms with van der Waals surface area (Å²) in [5.74, 6) is 0.0742. The van der Waals surface area contributed by atoms with Gasteiger partial charge in [-0.15, -0.1) is 0 Å². The van der Waals surface area contributed by atoms with Crippen molar-refractivity contribution in [1.82, 2.24) is 5.32 Å². The second kappa shape index (κ2) is 6.71. The van der Waals surface area contributed by atoms with Crippen LogP contribution in [0.15, 0.2) is 24.3 Å². The molecule has 19 heavy (non-hydrogen) atoms. The normalized spacial score (nSPS) is 19.6. The van der Waals surface area contributed by atoms with E-state index in [1.165, 1.54) is 11.1 Å². The van der Waals surface area contributed by atoms with Crippen molar-refractivity contribution >= 4 is 5.91 Å². The predicted molar refractivity (Wildman–Crippen MR) is 77.7 cm³/mol. The van der Waals surface area contributed by atoms with Gasteiger partial charge in [0.15, 0.2) is 0 Å². The van der Waals surface area contributed by atoms with Gasteiger partial charge in [0.2, 0.25) is 5.91 Å². The zero-order valence-electron chi connectivity index (χ0n) is 11.7. The summed E-state index contributed by atoms with van der Waals surface area (Å²) in [5.41, 5.74) is 8.36. The lowest BCUT2D eigenvalue weighted by Gasteiger charge is -2.28. The number of nitrogens with two attached hydrogens (primary N) is 1. The zero-order valence-corrected chi connectivity index (χ0v) is 11.7. The van der Waals surface area contributed by atoms with Gasteiger partial charge in [-0.25, -0.2) is 0 Å². The average Bonchev–Trinajstić information content (AvgIpc) is 2.45. The summed E-state index contributed by atoms with van der Waals surface area (Å²) in [6.07, 6.45) is 5.17. The Morgan fingerprint density at radius 1 is 1.47 bits per heavy atom. The molecule has 1 aromatic carbocycles. The van der Waals surface area contributed by atoms with Gasteiger partial charge in [-0.1, -0.05) is 37.6 Å². The van der Waals surface area contributed by atoms with Crippen LogP contribution in [-0.2, 0) is 11.2 Å². The first-order valence-electron chi connectivity index (χ1n) is 7.34. The molecular formula is C16H24N2O. The van der Waals surface area contributed by atoms with Gasteiger partial charge < -0.3 is 11.1 Å². The maximum absolute atomic E-state index is 12.3. The highest BCUT2D eigenvalue weighted by Gasteiger charge is 2.24. The third kappa shape index (κ3) is 3.35. The molecule has 0 fully saturated rings. The van der Waals surface area contributed by atoms with E-state index in [-0.39, 0.29) is 17.9 Å². The molecule has 3 heteroatoms. The van der Waals surface area contributed by atoms with E-state index in [4.69, 9.17) is 5.73 Å². The molecule has 1 amide bonds. The molecule has 0 aliphatic heterocycles. The van der Waals surface area contributed by atoms with Crippen molar-refractivity contribution in [3.63, 3.8) is 0 Å². The summed E-state index contributed by atoms with van der Waals surface area (Å²) in [5, 5.41) is 3.19. The second-order valence-corrected chi connectivity index (χ2v) is 5.37. The maximum Gasteiger partial charge on any atom is 0.224 e. The quantitative estimate of drug-likeness (QED) is 0.855. The van der Waals surface area contributed by atoms with E-state index in [0.717, 1.165) is 32.1 Å². The Balaban J connectivity index is 2.06. The van der Waals surface area contributed by atoms with Crippen molar-refractivity contribution in [3.05, 3.63) is 35.4 Å². The van der Waals surface area contributed by atoms with Crippen molar-refractivity contribution in [1.29, 1.82) is 0 Å². The lowest BCUT2D eigenvalue weighted by Crippen LogP contribution is -2.38. The first kappa shape index (κ1) is 14.1. The molecule has 3 N–H and O–H groups in total. The summed E-state index contributed by atoms with van der Waals surface area (Å²) in [7, 11) is 0. The summed E-state index contributed by atoms with van der Waals surface area (Å²) in [6, 6.07) is 8.60. The molecule has 0 bridgehead atoms. The highest BCUT2D eigenvalue weighted by Crippen LogP contribution is 2.29. The van der Waals surface area contributed by atoms with Crippen LogP contribution in [0.4, 0.5) is 0 Å². The van der Waals surface area contributed by atoms with Crippen molar-refractivity contribution in [2.75, 3.05) is 6.54 Å². The molecule has 0 saturated heterocycles. The van der Waals surface area contributed by atoms with Crippen LogP contribution in [-0.4, -0.2) is 12.5 Å². The first-order chi connectivity index (χ1) is 9.26.